The Morgan fingerprint density at radius 2 is 1.50 bits per heavy atom. The zero-order valence-corrected chi connectivity index (χ0v) is 15.1. The predicted molar refractivity (Wildman–Crippen MR) is 96.7 cm³/mol. The van der Waals surface area contributed by atoms with Gasteiger partial charge in [-0.3, -0.25) is 9.59 Å². The monoisotopic (exact) mass is 359 g/mol. The van der Waals surface area contributed by atoms with Crippen LogP contribution in [0.1, 0.15) is 17.3 Å². The van der Waals surface area contributed by atoms with E-state index in [1.165, 1.54) is 28.3 Å². The van der Waals surface area contributed by atoms with E-state index in [2.05, 4.69) is 5.32 Å². The van der Waals surface area contributed by atoms with Crippen LogP contribution in [0.5, 0.6) is 23.0 Å². The van der Waals surface area contributed by atoms with Crippen LogP contribution in [-0.4, -0.2) is 39.6 Å². The van der Waals surface area contributed by atoms with Gasteiger partial charge < -0.3 is 24.3 Å². The number of methoxy groups -OCH3 is 3. The zero-order valence-electron chi connectivity index (χ0n) is 15.1. The van der Waals surface area contributed by atoms with Gasteiger partial charge in [-0.05, 0) is 19.1 Å². The van der Waals surface area contributed by atoms with Crippen LogP contribution in [0.25, 0.3) is 0 Å². The van der Waals surface area contributed by atoms with E-state index in [0.29, 0.717) is 28.5 Å². The number of Topliss-reactive ketones (excluding diaryl/α,β-unsaturated/α-hetero) is 1. The van der Waals surface area contributed by atoms with E-state index in [4.69, 9.17) is 18.9 Å². The van der Waals surface area contributed by atoms with E-state index in [1.807, 2.05) is 0 Å². The van der Waals surface area contributed by atoms with E-state index in [9.17, 15) is 9.59 Å². The van der Waals surface area contributed by atoms with E-state index in [-0.39, 0.29) is 18.1 Å². The number of anilines is 1. The van der Waals surface area contributed by atoms with Crippen LogP contribution in [0.15, 0.2) is 36.4 Å². The van der Waals surface area contributed by atoms with Crippen molar-refractivity contribution in [3.8, 4) is 23.0 Å². The maximum absolute atomic E-state index is 12.2. The summed E-state index contributed by atoms with van der Waals surface area (Å²) in [6, 6.07) is 9.84. The summed E-state index contributed by atoms with van der Waals surface area (Å²) in [5, 5.41) is 2.70. The first-order chi connectivity index (χ1) is 12.5. The van der Waals surface area contributed by atoms with Crippen molar-refractivity contribution in [3.05, 3.63) is 42.0 Å². The number of hydrogen-bond donors (Lipinski definition) is 1. The summed E-state index contributed by atoms with van der Waals surface area (Å²) in [4.78, 5) is 23.9. The highest BCUT2D eigenvalue weighted by atomic mass is 16.5. The first-order valence-corrected chi connectivity index (χ1v) is 7.81. The fraction of sp³-hybridized carbons (Fsp3) is 0.263. The Morgan fingerprint density at radius 1 is 0.885 bits per heavy atom. The second kappa shape index (κ2) is 8.75. The second-order valence-corrected chi connectivity index (χ2v) is 5.36. The van der Waals surface area contributed by atoms with Crippen molar-refractivity contribution in [3.63, 3.8) is 0 Å². The first kappa shape index (κ1) is 19.1. The Balaban J connectivity index is 2.09. The molecule has 7 nitrogen and oxygen atoms in total. The molecule has 0 aliphatic carbocycles. The summed E-state index contributed by atoms with van der Waals surface area (Å²) in [6.07, 6.45) is 0. The van der Waals surface area contributed by atoms with E-state index in [1.54, 1.807) is 36.4 Å². The molecule has 0 bridgehead atoms. The van der Waals surface area contributed by atoms with Crippen molar-refractivity contribution in [1.82, 2.24) is 0 Å². The van der Waals surface area contributed by atoms with Gasteiger partial charge in [-0.25, -0.2) is 0 Å². The van der Waals surface area contributed by atoms with Crippen LogP contribution in [0.3, 0.4) is 0 Å². The number of rotatable bonds is 8. The van der Waals surface area contributed by atoms with E-state index >= 15 is 0 Å². The highest BCUT2D eigenvalue weighted by Gasteiger charge is 2.13. The van der Waals surface area contributed by atoms with Gasteiger partial charge in [-0.2, -0.15) is 0 Å². The average molecular weight is 359 g/mol. The minimum absolute atomic E-state index is 0.166. The third-order valence-corrected chi connectivity index (χ3v) is 3.56. The van der Waals surface area contributed by atoms with Gasteiger partial charge in [0.15, 0.2) is 12.4 Å². The quantitative estimate of drug-likeness (QED) is 0.730. The summed E-state index contributed by atoms with van der Waals surface area (Å²) >= 11 is 0. The lowest BCUT2D eigenvalue weighted by atomic mass is 10.1. The topological polar surface area (TPSA) is 83.1 Å². The minimum atomic E-state index is -0.391. The Labute approximate surface area is 151 Å². The van der Waals surface area contributed by atoms with Crippen molar-refractivity contribution >= 4 is 17.4 Å². The summed E-state index contributed by atoms with van der Waals surface area (Å²) in [7, 11) is 4.56. The molecule has 0 radical (unpaired) electrons. The molecule has 0 aromatic heterocycles. The summed E-state index contributed by atoms with van der Waals surface area (Å²) in [5.41, 5.74) is 0.883. The summed E-state index contributed by atoms with van der Waals surface area (Å²) in [5.74, 6) is 1.36. The molecule has 2 aromatic rings. The molecule has 138 valence electrons. The number of ether oxygens (including phenoxy) is 4. The Kier molecular flexibility index (Phi) is 6.43. The zero-order chi connectivity index (χ0) is 19.1. The Bertz CT molecular complexity index is 780. The fourth-order valence-electron chi connectivity index (χ4n) is 2.26. The molecule has 0 saturated carbocycles. The minimum Gasteiger partial charge on any atom is -0.497 e. The standard InChI is InChI=1S/C19H21NO6/c1-12(21)17-6-5-14(23-2)10-18(17)26-11-19(22)20-13-7-15(24-3)9-16(8-13)25-4/h5-10H,11H2,1-4H3,(H,20,22). The molecular formula is C19H21NO6. The first-order valence-electron chi connectivity index (χ1n) is 7.81. The van der Waals surface area contributed by atoms with Gasteiger partial charge in [-0.15, -0.1) is 0 Å². The van der Waals surface area contributed by atoms with Crippen LogP contribution in [-0.2, 0) is 4.79 Å². The highest BCUT2D eigenvalue weighted by molar-refractivity contribution is 5.97. The van der Waals surface area contributed by atoms with Crippen molar-refractivity contribution in [2.75, 3.05) is 33.3 Å². The second-order valence-electron chi connectivity index (χ2n) is 5.36. The molecule has 1 amide bonds. The number of benzene rings is 2. The molecule has 0 heterocycles. The third kappa shape index (κ3) is 4.89. The fourth-order valence-corrected chi connectivity index (χ4v) is 2.26. The molecule has 2 rings (SSSR count). The molecule has 0 spiro atoms. The highest BCUT2D eigenvalue weighted by Crippen LogP contribution is 2.27. The number of ketones is 1. The van der Waals surface area contributed by atoms with Crippen molar-refractivity contribution in [2.45, 2.75) is 6.92 Å². The molecule has 2 aromatic carbocycles. The molecule has 0 saturated heterocycles. The van der Waals surface area contributed by atoms with Crippen LogP contribution in [0.4, 0.5) is 5.69 Å². The van der Waals surface area contributed by atoms with Crippen LogP contribution in [0.2, 0.25) is 0 Å². The third-order valence-electron chi connectivity index (χ3n) is 3.56. The molecule has 0 unspecified atom stereocenters. The van der Waals surface area contributed by atoms with Gasteiger partial charge in [0.25, 0.3) is 5.91 Å². The summed E-state index contributed by atoms with van der Waals surface area (Å²) < 4.78 is 21.0. The Morgan fingerprint density at radius 3 is 2.04 bits per heavy atom. The number of amides is 1. The van der Waals surface area contributed by atoms with Gasteiger partial charge in [0, 0.05) is 30.0 Å². The average Bonchev–Trinajstić information content (AvgIpc) is 2.65. The number of carbonyl (C=O) groups is 2. The normalized spacial score (nSPS) is 10.0. The van der Waals surface area contributed by atoms with Crippen molar-refractivity contribution in [1.29, 1.82) is 0 Å². The molecular weight excluding hydrogens is 338 g/mol. The molecule has 0 fully saturated rings. The molecule has 0 aliphatic heterocycles. The largest absolute Gasteiger partial charge is 0.497 e. The van der Waals surface area contributed by atoms with Crippen LogP contribution >= 0.6 is 0 Å². The van der Waals surface area contributed by atoms with Crippen molar-refractivity contribution in [2.24, 2.45) is 0 Å². The molecule has 0 aliphatic rings. The van der Waals surface area contributed by atoms with Crippen LogP contribution < -0.4 is 24.3 Å². The van der Waals surface area contributed by atoms with Crippen molar-refractivity contribution < 1.29 is 28.5 Å². The van der Waals surface area contributed by atoms with Gasteiger partial charge >= 0.3 is 0 Å². The Hall–Kier alpha value is -3.22. The molecule has 0 atom stereocenters. The number of nitrogens with one attached hydrogen (secondary N) is 1. The van der Waals surface area contributed by atoms with E-state index in [0.717, 1.165) is 0 Å². The van der Waals surface area contributed by atoms with Gasteiger partial charge in [0.05, 0.1) is 26.9 Å². The van der Waals surface area contributed by atoms with Gasteiger partial charge in [0.1, 0.15) is 23.0 Å². The lowest BCUT2D eigenvalue weighted by Gasteiger charge is -2.12. The smallest absolute Gasteiger partial charge is 0.262 e. The van der Waals surface area contributed by atoms with Gasteiger partial charge in [-0.1, -0.05) is 0 Å². The lowest BCUT2D eigenvalue weighted by molar-refractivity contribution is -0.118. The maximum Gasteiger partial charge on any atom is 0.262 e. The predicted octanol–water partition coefficient (Wildman–Crippen LogP) is 2.93. The maximum atomic E-state index is 12.2. The van der Waals surface area contributed by atoms with Crippen LogP contribution in [0, 0.1) is 0 Å². The number of hydrogen-bond acceptors (Lipinski definition) is 6. The SMILES string of the molecule is COc1cc(NC(=O)COc2cc(OC)ccc2C(C)=O)cc(OC)c1. The van der Waals surface area contributed by atoms with E-state index < -0.39 is 5.91 Å². The molecule has 7 heteroatoms. The van der Waals surface area contributed by atoms with Gasteiger partial charge in [0.2, 0.25) is 0 Å². The summed E-state index contributed by atoms with van der Waals surface area (Å²) in [6.45, 7) is 1.16. The molecule has 26 heavy (non-hydrogen) atoms. The lowest BCUT2D eigenvalue weighted by Crippen LogP contribution is -2.20. The molecule has 1 N–H and O–H groups in total. The number of carbonyl (C=O) groups excluding carboxylic acids is 2.